The van der Waals surface area contributed by atoms with Crippen molar-refractivity contribution >= 4 is 29.3 Å². The van der Waals surface area contributed by atoms with Gasteiger partial charge in [0.05, 0.1) is 36.0 Å². The number of ether oxygens (including phenoxy) is 1. The third-order valence-electron chi connectivity index (χ3n) is 13.1. The average molecular weight is 751 g/mol. The van der Waals surface area contributed by atoms with E-state index in [-0.39, 0.29) is 35.9 Å². The van der Waals surface area contributed by atoms with Crippen LogP contribution in [0.15, 0.2) is 115 Å². The number of nitrogens with zero attached hydrogens (tertiary/aromatic N) is 3. The van der Waals surface area contributed by atoms with Crippen LogP contribution in [0.4, 0.5) is 5.69 Å². The number of fused-ring (bicyclic) bond motifs is 4. The molecule has 286 valence electrons. The van der Waals surface area contributed by atoms with Crippen molar-refractivity contribution in [2.75, 3.05) is 25.6 Å². The van der Waals surface area contributed by atoms with Gasteiger partial charge in [-0.25, -0.2) is 0 Å². The van der Waals surface area contributed by atoms with E-state index in [2.05, 4.69) is 28.5 Å². The van der Waals surface area contributed by atoms with Crippen LogP contribution in [0.2, 0.25) is 0 Å². The molecule has 2 N–H and O–H groups in total. The minimum Gasteiger partial charge on any atom is -0.508 e. The molecule has 3 heterocycles. The Morgan fingerprint density at radius 3 is 2.21 bits per heavy atom. The monoisotopic (exact) mass is 750 g/mol. The summed E-state index contributed by atoms with van der Waals surface area (Å²) in [5.74, 6) is -4.03. The fourth-order valence-corrected chi connectivity index (χ4v) is 10.6. The van der Waals surface area contributed by atoms with Gasteiger partial charge in [-0.1, -0.05) is 96.1 Å². The van der Waals surface area contributed by atoms with Gasteiger partial charge in [-0.2, -0.15) is 5.01 Å². The number of aromatic hydroxyl groups is 1. The van der Waals surface area contributed by atoms with Crippen LogP contribution in [-0.4, -0.2) is 69.8 Å². The van der Waals surface area contributed by atoms with Crippen molar-refractivity contribution in [3.05, 3.63) is 137 Å². The molecule has 4 fully saturated rings. The van der Waals surface area contributed by atoms with Crippen molar-refractivity contribution in [3.63, 3.8) is 0 Å². The van der Waals surface area contributed by atoms with Crippen LogP contribution in [-0.2, 0) is 31.1 Å². The number of aryl methyl sites for hydroxylation is 1. The molecule has 1 saturated carbocycles. The molecule has 6 unspecified atom stereocenters. The van der Waals surface area contributed by atoms with Gasteiger partial charge in [0, 0.05) is 43.2 Å². The Kier molecular flexibility index (Phi) is 9.04. The summed E-state index contributed by atoms with van der Waals surface area (Å²) in [5.41, 5.74) is 6.76. The van der Waals surface area contributed by atoms with Crippen molar-refractivity contribution in [2.24, 2.45) is 23.7 Å². The van der Waals surface area contributed by atoms with E-state index in [4.69, 9.17) is 4.74 Å². The molecule has 2 aliphatic carbocycles. The number of piperidine rings is 1. The van der Waals surface area contributed by atoms with Gasteiger partial charge in [-0.05, 0) is 67.9 Å². The number of likely N-dealkylation sites (tertiary alicyclic amines) is 2. The number of benzene rings is 4. The first-order valence-electron chi connectivity index (χ1n) is 19.7. The van der Waals surface area contributed by atoms with Crippen molar-refractivity contribution < 1.29 is 29.0 Å². The first-order chi connectivity index (χ1) is 27.2. The summed E-state index contributed by atoms with van der Waals surface area (Å²) in [5, 5.41) is 11.8. The lowest BCUT2D eigenvalue weighted by Gasteiger charge is -2.50. The van der Waals surface area contributed by atoms with Gasteiger partial charge in [0.1, 0.15) is 11.5 Å². The van der Waals surface area contributed by atoms with Gasteiger partial charge in [-0.15, -0.1) is 0 Å². The van der Waals surface area contributed by atoms with Crippen LogP contribution in [0.1, 0.15) is 53.9 Å². The Labute approximate surface area is 326 Å². The number of hydrazine groups is 1. The highest BCUT2D eigenvalue weighted by atomic mass is 16.5. The zero-order valence-corrected chi connectivity index (χ0v) is 31.6. The number of phenols is 1. The molecule has 0 radical (unpaired) electrons. The Balaban J connectivity index is 1.12. The van der Waals surface area contributed by atoms with Crippen LogP contribution in [0.5, 0.6) is 11.5 Å². The van der Waals surface area contributed by atoms with E-state index in [9.17, 15) is 19.5 Å². The highest BCUT2D eigenvalue weighted by Gasteiger charge is 2.70. The first kappa shape index (κ1) is 35.9. The molecule has 4 aromatic carbocycles. The normalized spacial score (nSPS) is 27.8. The van der Waals surface area contributed by atoms with Crippen molar-refractivity contribution in [1.29, 1.82) is 0 Å². The molecule has 0 aromatic heterocycles. The second-order valence-corrected chi connectivity index (χ2v) is 16.1. The van der Waals surface area contributed by atoms with Crippen molar-refractivity contribution in [3.8, 4) is 11.5 Å². The highest BCUT2D eigenvalue weighted by molar-refractivity contribution is 6.13. The van der Waals surface area contributed by atoms with Crippen LogP contribution in [0.25, 0.3) is 0 Å². The zero-order chi connectivity index (χ0) is 38.7. The Hall–Kier alpha value is -5.74. The minimum atomic E-state index is -1.42. The van der Waals surface area contributed by atoms with E-state index in [1.165, 1.54) is 18.7 Å². The lowest BCUT2D eigenvalue weighted by Crippen LogP contribution is -2.53. The number of allylic oxidation sites excluding steroid dienone is 2. The van der Waals surface area contributed by atoms with Crippen LogP contribution >= 0.6 is 0 Å². The maximum atomic E-state index is 15.4. The molecular weight excluding hydrogens is 705 g/mol. The number of carbonyl (C=O) groups is 4. The van der Waals surface area contributed by atoms with Gasteiger partial charge >= 0.3 is 0 Å². The third-order valence-corrected chi connectivity index (χ3v) is 13.1. The van der Waals surface area contributed by atoms with E-state index in [0.717, 1.165) is 35.8 Å². The fraction of sp³-hybridized carbons (Fsp3) is 0.348. The van der Waals surface area contributed by atoms with Crippen LogP contribution in [0.3, 0.4) is 0 Å². The number of amides is 4. The number of rotatable bonds is 8. The molecule has 6 atom stereocenters. The van der Waals surface area contributed by atoms with Gasteiger partial charge in [-0.3, -0.25) is 34.4 Å². The molecule has 10 nitrogen and oxygen atoms in total. The summed E-state index contributed by atoms with van der Waals surface area (Å²) in [7, 11) is 1.52. The topological polar surface area (TPSA) is 119 Å². The molecule has 0 spiro atoms. The van der Waals surface area contributed by atoms with Crippen molar-refractivity contribution in [1.82, 2.24) is 14.8 Å². The summed E-state index contributed by atoms with van der Waals surface area (Å²) >= 11 is 0. The molecule has 3 saturated heterocycles. The summed E-state index contributed by atoms with van der Waals surface area (Å²) in [6.07, 6.45) is 4.04. The maximum absolute atomic E-state index is 15.4. The number of methoxy groups -OCH3 is 1. The predicted octanol–water partition coefficient (Wildman–Crippen LogP) is 6.36. The van der Waals surface area contributed by atoms with E-state index in [0.29, 0.717) is 41.8 Å². The van der Waals surface area contributed by atoms with E-state index in [1.807, 2.05) is 79.7 Å². The lowest BCUT2D eigenvalue weighted by atomic mass is 9.49. The van der Waals surface area contributed by atoms with E-state index in [1.54, 1.807) is 17.0 Å². The van der Waals surface area contributed by atoms with Crippen LogP contribution in [0, 0.1) is 30.6 Å². The summed E-state index contributed by atoms with van der Waals surface area (Å²) in [4.78, 5) is 63.5. The zero-order valence-electron chi connectivity index (χ0n) is 31.6. The van der Waals surface area contributed by atoms with E-state index < -0.39 is 40.9 Å². The number of nitrogens with one attached hydrogen (secondary N) is 1. The Bertz CT molecular complexity index is 2220. The first-order valence-corrected chi connectivity index (χ1v) is 19.7. The van der Waals surface area contributed by atoms with Gasteiger partial charge < -0.3 is 9.84 Å². The van der Waals surface area contributed by atoms with Gasteiger partial charge in [0.25, 0.3) is 11.8 Å². The molecule has 10 heteroatoms. The molecule has 56 heavy (non-hydrogen) atoms. The second kappa shape index (κ2) is 14.1. The number of hydrogen-bond donors (Lipinski definition) is 2. The van der Waals surface area contributed by atoms with Crippen LogP contribution < -0.4 is 10.2 Å². The third kappa shape index (κ3) is 5.64. The van der Waals surface area contributed by atoms with Gasteiger partial charge in [0.15, 0.2) is 0 Å². The Morgan fingerprint density at radius 2 is 1.52 bits per heavy atom. The summed E-state index contributed by atoms with van der Waals surface area (Å²) in [6, 6.07) is 31.9. The number of phenolic OH excluding ortho intramolecular Hbond substituents is 1. The Morgan fingerprint density at radius 1 is 0.821 bits per heavy atom. The number of imide groups is 2. The molecular formula is C46H46N4O6. The highest BCUT2D eigenvalue weighted by Crippen LogP contribution is 2.65. The summed E-state index contributed by atoms with van der Waals surface area (Å²) < 4.78 is 5.91. The minimum absolute atomic E-state index is 0.000488. The fourth-order valence-electron chi connectivity index (χ4n) is 10.6. The molecule has 3 aliphatic heterocycles. The maximum Gasteiger partial charge on any atom is 0.260 e. The quantitative estimate of drug-likeness (QED) is 0.158. The second-order valence-electron chi connectivity index (χ2n) is 16.1. The van der Waals surface area contributed by atoms with Crippen molar-refractivity contribution in [2.45, 2.75) is 56.5 Å². The average Bonchev–Trinajstić information content (AvgIpc) is 3.60. The molecule has 4 aromatic rings. The standard InChI is InChI=1S/C46H46N4O6/c1-28-13-15-31(16-14-28)47-50-43(53)38-26-37-34(41(35-18-17-33(51)25-39(35)56-2)46(38,45(50)55)30-11-7-4-8-12-30)19-20-36-40(37)44(54)49(42(36)52)32-21-23-48(24-22-32)27-29-9-5-3-6-10-29/h3-19,25,32,36-38,40-41,47,51H,20-24,26-27H2,1-2H3. The number of anilines is 1. The molecule has 5 aliphatic rings. The van der Waals surface area contributed by atoms with Gasteiger partial charge in [0.2, 0.25) is 11.8 Å². The number of hydrogen-bond acceptors (Lipinski definition) is 8. The predicted molar refractivity (Wildman–Crippen MR) is 210 cm³/mol. The van der Waals surface area contributed by atoms with E-state index >= 15 is 4.79 Å². The SMILES string of the molecule is COc1cc(O)ccc1C1C2=CCC3C(=O)N(C4CCN(Cc5ccccc5)CC4)C(=O)C3C2CC2C(=O)N(Nc3ccc(C)cc3)C(=O)C21c1ccccc1. The molecule has 4 amide bonds. The lowest BCUT2D eigenvalue weighted by molar-refractivity contribution is -0.144. The largest absolute Gasteiger partial charge is 0.508 e. The summed E-state index contributed by atoms with van der Waals surface area (Å²) in [6.45, 7) is 4.36. The molecule has 9 rings (SSSR count). The molecule has 0 bridgehead atoms. The smallest absolute Gasteiger partial charge is 0.260 e. The number of carbonyl (C=O) groups excluding carboxylic acids is 4.